The third-order valence-corrected chi connectivity index (χ3v) is 3.11. The molecule has 0 radical (unpaired) electrons. The highest BCUT2D eigenvalue weighted by atomic mass is 32.2. The summed E-state index contributed by atoms with van der Waals surface area (Å²) in [6, 6.07) is 0. The minimum atomic E-state index is 0.494. The maximum atomic E-state index is 5.59. The molecule has 0 aromatic heterocycles. The molecule has 0 bridgehead atoms. The summed E-state index contributed by atoms with van der Waals surface area (Å²) in [4.78, 5) is 0. The Labute approximate surface area is 80.3 Å². The van der Waals surface area contributed by atoms with E-state index in [1.807, 2.05) is 0 Å². The van der Waals surface area contributed by atoms with Crippen molar-refractivity contribution >= 4 is 11.8 Å². The zero-order chi connectivity index (χ0) is 8.86. The minimum absolute atomic E-state index is 0.494. The van der Waals surface area contributed by atoms with Gasteiger partial charge in [-0.15, -0.1) is 11.8 Å². The summed E-state index contributed by atoms with van der Waals surface area (Å²) >= 11 is 1.77. The van der Waals surface area contributed by atoms with Crippen LogP contribution in [0.1, 0.15) is 39.0 Å². The van der Waals surface area contributed by atoms with E-state index in [1.165, 1.54) is 32.1 Å². The van der Waals surface area contributed by atoms with Gasteiger partial charge < -0.3 is 4.74 Å². The normalized spacial score (nSPS) is 22.5. The molecule has 0 unspecified atom stereocenters. The Morgan fingerprint density at radius 2 is 1.92 bits per heavy atom. The highest BCUT2D eigenvalue weighted by Crippen LogP contribution is 2.35. The van der Waals surface area contributed by atoms with Gasteiger partial charge in [0.2, 0.25) is 0 Å². The van der Waals surface area contributed by atoms with Crippen LogP contribution < -0.4 is 0 Å². The summed E-state index contributed by atoms with van der Waals surface area (Å²) < 4.78 is 5.59. The Morgan fingerprint density at radius 1 is 1.25 bits per heavy atom. The highest BCUT2D eigenvalue weighted by molar-refractivity contribution is 7.98. The van der Waals surface area contributed by atoms with Gasteiger partial charge in [0.15, 0.2) is 0 Å². The van der Waals surface area contributed by atoms with Crippen LogP contribution in [0, 0.1) is 5.41 Å². The first kappa shape index (κ1) is 10.4. The molecule has 1 saturated carbocycles. The molecule has 0 heterocycles. The molecule has 0 aromatic carbocycles. The van der Waals surface area contributed by atoms with E-state index in [0.29, 0.717) is 5.41 Å². The monoisotopic (exact) mass is 188 g/mol. The van der Waals surface area contributed by atoms with Crippen molar-refractivity contribution in [1.82, 2.24) is 0 Å². The lowest BCUT2D eigenvalue weighted by Crippen LogP contribution is -2.25. The highest BCUT2D eigenvalue weighted by Gasteiger charge is 2.26. The van der Waals surface area contributed by atoms with Crippen molar-refractivity contribution in [2.24, 2.45) is 5.41 Å². The van der Waals surface area contributed by atoms with E-state index in [4.69, 9.17) is 4.74 Å². The average Bonchev–Trinajstić information content (AvgIpc) is 2.06. The molecule has 0 amide bonds. The van der Waals surface area contributed by atoms with Gasteiger partial charge in [0, 0.05) is 0 Å². The number of ether oxygens (including phenoxy) is 1. The van der Waals surface area contributed by atoms with Crippen LogP contribution in [-0.2, 0) is 4.74 Å². The van der Waals surface area contributed by atoms with Gasteiger partial charge in [0.05, 0.1) is 12.5 Å². The van der Waals surface area contributed by atoms with E-state index in [2.05, 4.69) is 13.2 Å². The summed E-state index contributed by atoms with van der Waals surface area (Å²) in [5.41, 5.74) is 0.494. The van der Waals surface area contributed by atoms with Crippen LogP contribution in [0.15, 0.2) is 0 Å². The third kappa shape index (κ3) is 3.36. The first-order valence-corrected chi connectivity index (χ1v) is 6.23. The van der Waals surface area contributed by atoms with Gasteiger partial charge in [0.25, 0.3) is 0 Å². The molecule has 1 aliphatic carbocycles. The zero-order valence-electron chi connectivity index (χ0n) is 8.27. The predicted molar refractivity (Wildman–Crippen MR) is 55.5 cm³/mol. The molecule has 1 rings (SSSR count). The van der Waals surface area contributed by atoms with E-state index >= 15 is 0 Å². The molecule has 72 valence electrons. The van der Waals surface area contributed by atoms with Gasteiger partial charge in [-0.2, -0.15) is 0 Å². The van der Waals surface area contributed by atoms with Gasteiger partial charge in [0.1, 0.15) is 0 Å². The maximum Gasteiger partial charge on any atom is 0.0918 e. The van der Waals surface area contributed by atoms with Crippen LogP contribution in [0.5, 0.6) is 0 Å². The Balaban J connectivity index is 2.17. The van der Waals surface area contributed by atoms with Crippen LogP contribution in [0.2, 0.25) is 0 Å². The Morgan fingerprint density at radius 3 is 2.50 bits per heavy atom. The summed E-state index contributed by atoms with van der Waals surface area (Å²) in [5.74, 6) is 0.857. The molecule has 0 saturated heterocycles. The predicted octanol–water partition coefficient (Wildman–Crippen LogP) is 3.29. The SMILES string of the molecule is CSCOCC1(C)CCCCC1. The molecule has 0 aliphatic heterocycles. The van der Waals surface area contributed by atoms with Crippen molar-refractivity contribution < 1.29 is 4.74 Å². The zero-order valence-corrected chi connectivity index (χ0v) is 9.08. The van der Waals surface area contributed by atoms with E-state index in [0.717, 1.165) is 12.5 Å². The maximum absolute atomic E-state index is 5.59. The van der Waals surface area contributed by atoms with Crippen molar-refractivity contribution in [2.75, 3.05) is 18.8 Å². The third-order valence-electron chi connectivity index (χ3n) is 2.71. The van der Waals surface area contributed by atoms with E-state index in [1.54, 1.807) is 11.8 Å². The van der Waals surface area contributed by atoms with Crippen LogP contribution in [0.3, 0.4) is 0 Å². The number of thioether (sulfide) groups is 1. The van der Waals surface area contributed by atoms with Crippen molar-refractivity contribution in [3.05, 3.63) is 0 Å². The number of hydrogen-bond donors (Lipinski definition) is 0. The van der Waals surface area contributed by atoms with Gasteiger partial charge >= 0.3 is 0 Å². The minimum Gasteiger partial charge on any atom is -0.370 e. The molecule has 1 nitrogen and oxygen atoms in total. The lowest BCUT2D eigenvalue weighted by molar-refractivity contribution is 0.0554. The van der Waals surface area contributed by atoms with Gasteiger partial charge in [-0.3, -0.25) is 0 Å². The molecule has 1 aliphatic rings. The molecule has 1 fully saturated rings. The average molecular weight is 188 g/mol. The second kappa shape index (κ2) is 5.13. The fourth-order valence-electron chi connectivity index (χ4n) is 1.92. The molecule has 0 spiro atoms. The molecular formula is C10H20OS. The molecule has 2 heteroatoms. The Kier molecular flexibility index (Phi) is 4.44. The second-order valence-electron chi connectivity index (χ2n) is 4.13. The number of rotatable bonds is 4. The van der Waals surface area contributed by atoms with E-state index in [-0.39, 0.29) is 0 Å². The first-order chi connectivity index (χ1) is 5.77. The Bertz CT molecular complexity index is 119. The van der Waals surface area contributed by atoms with Crippen molar-refractivity contribution in [2.45, 2.75) is 39.0 Å². The molecule has 0 atom stereocenters. The standard InChI is InChI=1S/C10H20OS/c1-10(8-11-9-12-2)6-4-3-5-7-10/h3-9H2,1-2H3. The van der Waals surface area contributed by atoms with Gasteiger partial charge in [-0.25, -0.2) is 0 Å². The molecule has 12 heavy (non-hydrogen) atoms. The Hall–Kier alpha value is 0.310. The molecule has 0 N–H and O–H groups in total. The molecule has 0 aromatic rings. The number of hydrogen-bond acceptors (Lipinski definition) is 2. The fraction of sp³-hybridized carbons (Fsp3) is 1.00. The van der Waals surface area contributed by atoms with Crippen molar-refractivity contribution in [3.63, 3.8) is 0 Å². The largest absolute Gasteiger partial charge is 0.370 e. The summed E-state index contributed by atoms with van der Waals surface area (Å²) in [6.45, 7) is 3.33. The summed E-state index contributed by atoms with van der Waals surface area (Å²) in [6.07, 6.45) is 9.04. The van der Waals surface area contributed by atoms with Crippen LogP contribution in [0.4, 0.5) is 0 Å². The van der Waals surface area contributed by atoms with Crippen molar-refractivity contribution in [1.29, 1.82) is 0 Å². The second-order valence-corrected chi connectivity index (χ2v) is 4.94. The molecular weight excluding hydrogens is 168 g/mol. The summed E-state index contributed by atoms with van der Waals surface area (Å²) in [7, 11) is 0. The van der Waals surface area contributed by atoms with Crippen LogP contribution >= 0.6 is 11.8 Å². The van der Waals surface area contributed by atoms with E-state index < -0.39 is 0 Å². The van der Waals surface area contributed by atoms with Gasteiger partial charge in [-0.1, -0.05) is 26.2 Å². The quantitative estimate of drug-likeness (QED) is 0.494. The van der Waals surface area contributed by atoms with Gasteiger partial charge in [-0.05, 0) is 24.5 Å². The smallest absolute Gasteiger partial charge is 0.0918 e. The topological polar surface area (TPSA) is 9.23 Å². The lowest BCUT2D eigenvalue weighted by Gasteiger charge is -2.33. The van der Waals surface area contributed by atoms with Crippen LogP contribution in [0.25, 0.3) is 0 Å². The van der Waals surface area contributed by atoms with Crippen LogP contribution in [-0.4, -0.2) is 18.8 Å². The lowest BCUT2D eigenvalue weighted by atomic mass is 9.76. The summed E-state index contributed by atoms with van der Waals surface area (Å²) in [5, 5.41) is 0. The van der Waals surface area contributed by atoms with Crippen molar-refractivity contribution in [3.8, 4) is 0 Å². The fourth-order valence-corrected chi connectivity index (χ4v) is 2.17. The first-order valence-electron chi connectivity index (χ1n) is 4.83. The van der Waals surface area contributed by atoms with E-state index in [9.17, 15) is 0 Å².